The van der Waals surface area contributed by atoms with E-state index in [4.69, 9.17) is 0 Å². The van der Waals surface area contributed by atoms with E-state index in [0.29, 0.717) is 13.1 Å². The number of hydrogen-bond donors (Lipinski definition) is 1. The van der Waals surface area contributed by atoms with Gasteiger partial charge in [-0.1, -0.05) is 48.5 Å². The summed E-state index contributed by atoms with van der Waals surface area (Å²) in [6, 6.07) is 20.1. The molecule has 1 heterocycles. The summed E-state index contributed by atoms with van der Waals surface area (Å²) in [6.45, 7) is 7.19. The normalized spacial score (nSPS) is 12.9. The Morgan fingerprint density at radius 3 is 2.21 bits per heavy atom. The van der Waals surface area contributed by atoms with Gasteiger partial charge < -0.3 is 15.1 Å². The van der Waals surface area contributed by atoms with Gasteiger partial charge in [-0.15, -0.1) is 11.3 Å². The van der Waals surface area contributed by atoms with E-state index in [1.807, 2.05) is 67.3 Å². The van der Waals surface area contributed by atoms with Crippen molar-refractivity contribution >= 4 is 29.0 Å². The zero-order chi connectivity index (χ0) is 23.4. The number of carbonyl (C=O) groups is 2. The number of urea groups is 1. The third-order valence-electron chi connectivity index (χ3n) is 5.98. The van der Waals surface area contributed by atoms with E-state index < -0.39 is 0 Å². The first-order valence-electron chi connectivity index (χ1n) is 11.4. The number of hydrogen-bond acceptors (Lipinski definition) is 3. The third kappa shape index (κ3) is 6.02. The number of carbonyl (C=O) groups excluding carboxylic acids is 2. The topological polar surface area (TPSA) is 52.7 Å². The lowest BCUT2D eigenvalue weighted by atomic mass is 10.1. The fourth-order valence-electron chi connectivity index (χ4n) is 3.98. The van der Waals surface area contributed by atoms with Gasteiger partial charge in [-0.3, -0.25) is 4.79 Å². The smallest absolute Gasteiger partial charge is 0.322 e. The summed E-state index contributed by atoms with van der Waals surface area (Å²) < 4.78 is 0. The predicted molar refractivity (Wildman–Crippen MR) is 134 cm³/mol. The molecule has 1 saturated carbocycles. The monoisotopic (exact) mass is 461 g/mol. The number of thiophene rings is 1. The Balaban J connectivity index is 1.50. The van der Waals surface area contributed by atoms with E-state index in [1.165, 1.54) is 4.88 Å². The van der Waals surface area contributed by atoms with Crippen molar-refractivity contribution in [2.24, 2.45) is 0 Å². The quantitative estimate of drug-likeness (QED) is 0.454. The van der Waals surface area contributed by atoms with Gasteiger partial charge in [-0.05, 0) is 62.4 Å². The van der Waals surface area contributed by atoms with Crippen molar-refractivity contribution in [2.45, 2.75) is 52.7 Å². The van der Waals surface area contributed by atoms with Crippen molar-refractivity contribution in [1.29, 1.82) is 0 Å². The number of para-hydroxylation sites is 1. The molecule has 2 aromatic carbocycles. The molecule has 0 aliphatic heterocycles. The van der Waals surface area contributed by atoms with Crippen LogP contribution in [0.1, 0.15) is 39.3 Å². The number of anilines is 1. The molecular formula is C27H31N3O2S. The summed E-state index contributed by atoms with van der Waals surface area (Å²) in [5.74, 6) is -0.0338. The molecule has 0 atom stereocenters. The van der Waals surface area contributed by atoms with Gasteiger partial charge in [-0.2, -0.15) is 0 Å². The molecule has 4 rings (SSSR count). The Morgan fingerprint density at radius 2 is 1.61 bits per heavy atom. The van der Waals surface area contributed by atoms with E-state index in [-0.39, 0.29) is 24.5 Å². The molecular weight excluding hydrogens is 430 g/mol. The van der Waals surface area contributed by atoms with Crippen LogP contribution < -0.4 is 5.32 Å². The van der Waals surface area contributed by atoms with Crippen LogP contribution in [0.2, 0.25) is 0 Å². The fourth-order valence-corrected chi connectivity index (χ4v) is 4.89. The average Bonchev–Trinajstić information content (AvgIpc) is 3.56. The standard InChI is InChI=1S/C27H31N3O2S/c1-19-8-7-9-20(2)26(19)28-27(32)30(23-13-14-23)18-25(31)29(16-22-10-5-4-6-11-22)17-24-15-12-21(3)33-24/h4-12,15,23H,13-14,16-18H2,1-3H3,(H,28,32). The second-order valence-electron chi connectivity index (χ2n) is 8.80. The van der Waals surface area contributed by atoms with Gasteiger partial charge in [0, 0.05) is 28.0 Å². The van der Waals surface area contributed by atoms with Gasteiger partial charge in [0.05, 0.1) is 6.54 Å². The summed E-state index contributed by atoms with van der Waals surface area (Å²) >= 11 is 1.71. The molecule has 172 valence electrons. The molecule has 0 bridgehead atoms. The molecule has 1 N–H and O–H groups in total. The molecule has 1 aromatic heterocycles. The molecule has 3 aromatic rings. The zero-order valence-electron chi connectivity index (χ0n) is 19.5. The Kier molecular flexibility index (Phi) is 7.14. The molecule has 0 unspecified atom stereocenters. The van der Waals surface area contributed by atoms with Crippen LogP contribution in [-0.4, -0.2) is 34.3 Å². The Labute approximate surface area is 200 Å². The van der Waals surface area contributed by atoms with E-state index in [2.05, 4.69) is 24.4 Å². The van der Waals surface area contributed by atoms with E-state index in [1.54, 1.807) is 16.2 Å². The lowest BCUT2D eigenvalue weighted by Crippen LogP contribution is -2.45. The van der Waals surface area contributed by atoms with Crippen molar-refractivity contribution in [3.8, 4) is 0 Å². The number of amides is 3. The highest BCUT2D eigenvalue weighted by Gasteiger charge is 2.35. The molecule has 0 spiro atoms. The largest absolute Gasteiger partial charge is 0.332 e. The zero-order valence-corrected chi connectivity index (χ0v) is 20.3. The van der Waals surface area contributed by atoms with Crippen LogP contribution in [0, 0.1) is 20.8 Å². The van der Waals surface area contributed by atoms with Gasteiger partial charge in [-0.25, -0.2) is 4.79 Å². The molecule has 1 fully saturated rings. The molecule has 0 saturated heterocycles. The molecule has 3 amide bonds. The first kappa shape index (κ1) is 23.1. The van der Waals surface area contributed by atoms with E-state index in [9.17, 15) is 9.59 Å². The van der Waals surface area contributed by atoms with Crippen LogP contribution in [0.15, 0.2) is 60.7 Å². The summed E-state index contributed by atoms with van der Waals surface area (Å²) in [5.41, 5.74) is 3.95. The first-order chi connectivity index (χ1) is 15.9. The lowest BCUT2D eigenvalue weighted by molar-refractivity contribution is -0.133. The number of rotatable bonds is 8. The van der Waals surface area contributed by atoms with Crippen molar-refractivity contribution in [2.75, 3.05) is 11.9 Å². The van der Waals surface area contributed by atoms with Crippen molar-refractivity contribution in [3.63, 3.8) is 0 Å². The third-order valence-corrected chi connectivity index (χ3v) is 6.96. The number of benzene rings is 2. The molecule has 6 heteroatoms. The number of aryl methyl sites for hydroxylation is 3. The lowest BCUT2D eigenvalue weighted by Gasteiger charge is -2.28. The molecule has 33 heavy (non-hydrogen) atoms. The van der Waals surface area contributed by atoms with Gasteiger partial charge >= 0.3 is 6.03 Å². The van der Waals surface area contributed by atoms with Gasteiger partial charge in [0.25, 0.3) is 0 Å². The SMILES string of the molecule is Cc1ccc(CN(Cc2ccccc2)C(=O)CN(C(=O)Nc2c(C)cccc2C)C2CC2)s1. The maximum atomic E-state index is 13.5. The molecule has 1 aliphatic rings. The second-order valence-corrected chi connectivity index (χ2v) is 10.2. The van der Waals surface area contributed by atoms with Crippen LogP contribution in [0.25, 0.3) is 0 Å². The maximum Gasteiger partial charge on any atom is 0.322 e. The van der Waals surface area contributed by atoms with Crippen LogP contribution in [-0.2, 0) is 17.9 Å². The van der Waals surface area contributed by atoms with Crippen molar-refractivity contribution in [3.05, 3.63) is 87.1 Å². The van der Waals surface area contributed by atoms with Crippen molar-refractivity contribution in [1.82, 2.24) is 9.80 Å². The Morgan fingerprint density at radius 1 is 0.909 bits per heavy atom. The summed E-state index contributed by atoms with van der Waals surface area (Å²) in [4.78, 5) is 32.7. The number of nitrogens with one attached hydrogen (secondary N) is 1. The summed E-state index contributed by atoms with van der Waals surface area (Å²) in [6.07, 6.45) is 1.88. The number of nitrogens with zero attached hydrogens (tertiary/aromatic N) is 2. The second kappa shape index (κ2) is 10.2. The molecule has 1 aliphatic carbocycles. The average molecular weight is 462 g/mol. The van der Waals surface area contributed by atoms with Crippen LogP contribution in [0.5, 0.6) is 0 Å². The van der Waals surface area contributed by atoms with E-state index >= 15 is 0 Å². The van der Waals surface area contributed by atoms with Gasteiger partial charge in [0.2, 0.25) is 5.91 Å². The Bertz CT molecular complexity index is 1100. The predicted octanol–water partition coefficient (Wildman–Crippen LogP) is 5.90. The van der Waals surface area contributed by atoms with Crippen LogP contribution in [0.4, 0.5) is 10.5 Å². The van der Waals surface area contributed by atoms with Gasteiger partial charge in [0.15, 0.2) is 0 Å². The minimum absolute atomic E-state index is 0.0338. The highest BCUT2D eigenvalue weighted by Crippen LogP contribution is 2.29. The summed E-state index contributed by atoms with van der Waals surface area (Å²) in [7, 11) is 0. The van der Waals surface area contributed by atoms with Crippen molar-refractivity contribution < 1.29 is 9.59 Å². The van der Waals surface area contributed by atoms with Crippen LogP contribution in [0.3, 0.4) is 0 Å². The first-order valence-corrected chi connectivity index (χ1v) is 12.2. The molecule has 0 radical (unpaired) electrons. The summed E-state index contributed by atoms with van der Waals surface area (Å²) in [5, 5.41) is 3.07. The van der Waals surface area contributed by atoms with E-state index in [0.717, 1.165) is 40.1 Å². The minimum atomic E-state index is -0.199. The fraction of sp³-hybridized carbons (Fsp3) is 0.333. The highest BCUT2D eigenvalue weighted by atomic mass is 32.1. The van der Waals surface area contributed by atoms with Gasteiger partial charge in [0.1, 0.15) is 6.54 Å². The molecule has 5 nitrogen and oxygen atoms in total. The van der Waals surface area contributed by atoms with Crippen LogP contribution >= 0.6 is 11.3 Å². The maximum absolute atomic E-state index is 13.5. The minimum Gasteiger partial charge on any atom is -0.332 e. The highest BCUT2D eigenvalue weighted by molar-refractivity contribution is 7.11. The Hall–Kier alpha value is -3.12.